The number of aromatic nitrogens is 1. The van der Waals surface area contributed by atoms with Crippen LogP contribution in [-0.2, 0) is 11.9 Å². The Labute approximate surface area is 97.3 Å². The lowest BCUT2D eigenvalue weighted by molar-refractivity contribution is 0.767. The summed E-state index contributed by atoms with van der Waals surface area (Å²) in [5.41, 5.74) is 3.12. The Kier molecular flexibility index (Phi) is 2.79. The highest BCUT2D eigenvalue weighted by molar-refractivity contribution is 9.08. The van der Waals surface area contributed by atoms with Crippen LogP contribution in [0.15, 0.2) is 24.3 Å². The van der Waals surface area contributed by atoms with Crippen LogP contribution >= 0.6 is 15.9 Å². The number of benzene rings is 1. The first-order valence-corrected chi connectivity index (χ1v) is 6.00. The smallest absolute Gasteiger partial charge is 0.0992 e. The average Bonchev–Trinajstić information content (AvgIpc) is 2.65. The lowest BCUT2D eigenvalue weighted by Gasteiger charge is -2.04. The lowest BCUT2D eigenvalue weighted by Crippen LogP contribution is -1.97. The Hall–Kier alpha value is -1.27. The van der Waals surface area contributed by atoms with Gasteiger partial charge in [-0.15, -0.1) is 0 Å². The second kappa shape index (κ2) is 4.08. The van der Waals surface area contributed by atoms with Crippen LogP contribution < -0.4 is 0 Å². The van der Waals surface area contributed by atoms with Crippen LogP contribution in [0.3, 0.4) is 0 Å². The quantitative estimate of drug-likeness (QED) is 0.763. The largest absolute Gasteiger partial charge is 0.344 e. The predicted octanol–water partition coefficient (Wildman–Crippen LogP) is 3.43. The Bertz CT molecular complexity index is 534. The number of hydrogen-bond acceptors (Lipinski definition) is 1. The molecule has 0 aliphatic rings. The molecule has 0 aliphatic carbocycles. The van der Waals surface area contributed by atoms with E-state index in [-0.39, 0.29) is 0 Å². The van der Waals surface area contributed by atoms with E-state index in [1.165, 1.54) is 11.1 Å². The van der Waals surface area contributed by atoms with Gasteiger partial charge in [0.1, 0.15) is 0 Å². The van der Waals surface area contributed by atoms with Gasteiger partial charge in [-0.3, -0.25) is 0 Å². The third kappa shape index (κ3) is 1.66. The maximum atomic E-state index is 8.86. The van der Waals surface area contributed by atoms with Crippen molar-refractivity contribution in [1.29, 1.82) is 5.26 Å². The van der Waals surface area contributed by atoms with Crippen molar-refractivity contribution in [1.82, 2.24) is 4.57 Å². The molecule has 2 rings (SSSR count). The van der Waals surface area contributed by atoms with Gasteiger partial charge >= 0.3 is 0 Å². The molecule has 0 bridgehead atoms. The van der Waals surface area contributed by atoms with Crippen LogP contribution in [-0.4, -0.2) is 4.57 Å². The number of rotatable bonds is 2. The minimum atomic E-state index is 0.719. The molecule has 0 saturated heterocycles. The van der Waals surface area contributed by atoms with E-state index in [0.29, 0.717) is 0 Å². The SMILES string of the molecule is CCn1c(CBr)cc2ccc(C#N)cc21. The molecular weight excluding hydrogens is 252 g/mol. The molecule has 2 aromatic rings. The van der Waals surface area contributed by atoms with Crippen LogP contribution in [0.5, 0.6) is 0 Å². The summed E-state index contributed by atoms with van der Waals surface area (Å²) in [6.45, 7) is 3.05. The van der Waals surface area contributed by atoms with Crippen LogP contribution in [0.4, 0.5) is 0 Å². The van der Waals surface area contributed by atoms with E-state index >= 15 is 0 Å². The predicted molar refractivity (Wildman–Crippen MR) is 65.0 cm³/mol. The standard InChI is InChI=1S/C12H11BrN2/c1-2-15-11(7-13)6-10-4-3-9(8-14)5-12(10)15/h3-6H,2,7H2,1H3. The first kappa shape index (κ1) is 10.3. The molecule has 15 heavy (non-hydrogen) atoms. The third-order valence-corrected chi connectivity index (χ3v) is 3.15. The van der Waals surface area contributed by atoms with Gasteiger partial charge in [-0.05, 0) is 30.5 Å². The number of nitriles is 1. The highest BCUT2D eigenvalue weighted by Crippen LogP contribution is 2.22. The Morgan fingerprint density at radius 1 is 1.40 bits per heavy atom. The Balaban J connectivity index is 2.74. The molecule has 1 aromatic carbocycles. The lowest BCUT2D eigenvalue weighted by atomic mass is 10.2. The summed E-state index contributed by atoms with van der Waals surface area (Å²) >= 11 is 3.48. The normalized spacial score (nSPS) is 10.5. The monoisotopic (exact) mass is 262 g/mol. The second-order valence-corrected chi connectivity index (χ2v) is 3.96. The molecule has 1 aromatic heterocycles. The summed E-state index contributed by atoms with van der Waals surface area (Å²) in [6, 6.07) is 10.2. The summed E-state index contributed by atoms with van der Waals surface area (Å²) in [5.74, 6) is 0. The van der Waals surface area contributed by atoms with E-state index < -0.39 is 0 Å². The van der Waals surface area contributed by atoms with E-state index in [1.807, 2.05) is 18.2 Å². The molecule has 0 fully saturated rings. The van der Waals surface area contributed by atoms with E-state index in [1.54, 1.807) is 0 Å². The Morgan fingerprint density at radius 3 is 2.80 bits per heavy atom. The van der Waals surface area contributed by atoms with Crippen molar-refractivity contribution in [3.05, 3.63) is 35.5 Å². The molecule has 2 nitrogen and oxygen atoms in total. The summed E-state index contributed by atoms with van der Waals surface area (Å²) in [7, 11) is 0. The fourth-order valence-corrected chi connectivity index (χ4v) is 2.33. The number of alkyl halides is 1. The van der Waals surface area contributed by atoms with Gasteiger partial charge in [0.2, 0.25) is 0 Å². The molecule has 1 heterocycles. The molecule has 0 radical (unpaired) electrons. The van der Waals surface area contributed by atoms with Crippen molar-refractivity contribution < 1.29 is 0 Å². The van der Waals surface area contributed by atoms with Gasteiger partial charge in [0.25, 0.3) is 0 Å². The van der Waals surface area contributed by atoms with Crippen LogP contribution in [0.2, 0.25) is 0 Å². The highest BCUT2D eigenvalue weighted by atomic mass is 79.9. The van der Waals surface area contributed by atoms with Crippen LogP contribution in [0.1, 0.15) is 18.2 Å². The average molecular weight is 263 g/mol. The maximum Gasteiger partial charge on any atom is 0.0992 e. The van der Waals surface area contributed by atoms with E-state index in [9.17, 15) is 0 Å². The van der Waals surface area contributed by atoms with Gasteiger partial charge in [-0.2, -0.15) is 5.26 Å². The summed E-state index contributed by atoms with van der Waals surface area (Å²) in [5, 5.41) is 10.9. The van der Waals surface area contributed by atoms with Crippen LogP contribution in [0, 0.1) is 11.3 Å². The third-order valence-electron chi connectivity index (χ3n) is 2.57. The number of nitrogens with zero attached hydrogens (tertiary/aromatic N) is 2. The zero-order valence-electron chi connectivity index (χ0n) is 8.50. The molecule has 0 spiro atoms. The summed E-state index contributed by atoms with van der Waals surface area (Å²) in [4.78, 5) is 0. The zero-order chi connectivity index (χ0) is 10.8. The van der Waals surface area contributed by atoms with Crippen molar-refractivity contribution >= 4 is 26.8 Å². The van der Waals surface area contributed by atoms with E-state index in [4.69, 9.17) is 5.26 Å². The van der Waals surface area contributed by atoms with Gasteiger partial charge in [-0.1, -0.05) is 22.0 Å². The van der Waals surface area contributed by atoms with Gasteiger partial charge in [-0.25, -0.2) is 0 Å². The zero-order valence-corrected chi connectivity index (χ0v) is 10.1. The topological polar surface area (TPSA) is 28.7 Å². The minimum Gasteiger partial charge on any atom is -0.344 e. The first-order chi connectivity index (χ1) is 7.30. The molecule has 0 amide bonds. The van der Waals surface area contributed by atoms with Crippen molar-refractivity contribution in [3.8, 4) is 6.07 Å². The van der Waals surface area contributed by atoms with Gasteiger partial charge < -0.3 is 4.57 Å². The maximum absolute atomic E-state index is 8.86. The van der Waals surface area contributed by atoms with Gasteiger partial charge in [0.05, 0.1) is 11.6 Å². The fourth-order valence-electron chi connectivity index (χ4n) is 1.87. The molecule has 0 aliphatic heterocycles. The van der Waals surface area contributed by atoms with Crippen LogP contribution in [0.25, 0.3) is 10.9 Å². The number of hydrogen-bond donors (Lipinski definition) is 0. The van der Waals surface area contributed by atoms with E-state index in [0.717, 1.165) is 23.0 Å². The summed E-state index contributed by atoms with van der Waals surface area (Å²) in [6.07, 6.45) is 0. The molecule has 3 heteroatoms. The first-order valence-electron chi connectivity index (χ1n) is 4.88. The minimum absolute atomic E-state index is 0.719. The molecule has 0 saturated carbocycles. The molecule has 76 valence electrons. The number of aryl methyl sites for hydroxylation is 1. The molecule has 0 N–H and O–H groups in total. The van der Waals surface area contributed by atoms with Gasteiger partial charge in [0, 0.05) is 23.1 Å². The van der Waals surface area contributed by atoms with Crippen molar-refractivity contribution in [2.75, 3.05) is 0 Å². The number of halogens is 1. The van der Waals surface area contributed by atoms with Crippen molar-refractivity contribution in [2.45, 2.75) is 18.8 Å². The second-order valence-electron chi connectivity index (χ2n) is 3.40. The summed E-state index contributed by atoms with van der Waals surface area (Å²) < 4.78 is 2.23. The Morgan fingerprint density at radius 2 is 2.20 bits per heavy atom. The molecule has 0 atom stereocenters. The highest BCUT2D eigenvalue weighted by Gasteiger charge is 2.06. The van der Waals surface area contributed by atoms with Crippen molar-refractivity contribution in [3.63, 3.8) is 0 Å². The fraction of sp³-hybridized carbons (Fsp3) is 0.250. The van der Waals surface area contributed by atoms with Crippen molar-refractivity contribution in [2.24, 2.45) is 0 Å². The van der Waals surface area contributed by atoms with E-state index in [2.05, 4.69) is 39.6 Å². The molecule has 0 unspecified atom stereocenters. The van der Waals surface area contributed by atoms with Gasteiger partial charge in [0.15, 0.2) is 0 Å². The molecular formula is C12H11BrN2. The number of fused-ring (bicyclic) bond motifs is 1.